The lowest BCUT2D eigenvalue weighted by Crippen LogP contribution is -2.04. The topological polar surface area (TPSA) is 51.2 Å². The summed E-state index contributed by atoms with van der Waals surface area (Å²) in [6, 6.07) is 3.62. The number of furan rings is 1. The standard InChI is InChI=1S/C5H8N2O/c1-4-2-3-5(7-6)8-4/h2-3,7H,6H2,1H3. The molecule has 44 valence electrons. The molecule has 0 amide bonds. The summed E-state index contributed by atoms with van der Waals surface area (Å²) < 4.78 is 5.00. The van der Waals surface area contributed by atoms with Crippen LogP contribution in [0.15, 0.2) is 16.5 Å². The molecule has 0 radical (unpaired) electrons. The smallest absolute Gasteiger partial charge is 0.206 e. The summed E-state index contributed by atoms with van der Waals surface area (Å²) in [5.74, 6) is 6.48. The minimum absolute atomic E-state index is 0.600. The van der Waals surface area contributed by atoms with E-state index in [1.54, 1.807) is 6.07 Å². The van der Waals surface area contributed by atoms with Gasteiger partial charge in [-0.05, 0) is 13.0 Å². The van der Waals surface area contributed by atoms with Crippen molar-refractivity contribution < 1.29 is 4.42 Å². The molecule has 0 saturated heterocycles. The fourth-order valence-electron chi connectivity index (χ4n) is 0.512. The monoisotopic (exact) mass is 112 g/mol. The third-order valence-electron chi connectivity index (χ3n) is 0.883. The van der Waals surface area contributed by atoms with Crippen molar-refractivity contribution in [1.29, 1.82) is 0 Å². The van der Waals surface area contributed by atoms with Crippen molar-refractivity contribution in [2.45, 2.75) is 6.92 Å². The second-order valence-corrected chi connectivity index (χ2v) is 1.55. The number of hydrazine groups is 1. The summed E-state index contributed by atoms with van der Waals surface area (Å²) in [5.41, 5.74) is 2.38. The normalized spacial score (nSPS) is 9.25. The molecule has 3 N–H and O–H groups in total. The van der Waals surface area contributed by atoms with Crippen molar-refractivity contribution in [3.63, 3.8) is 0 Å². The van der Waals surface area contributed by atoms with Gasteiger partial charge in [-0.15, -0.1) is 0 Å². The highest BCUT2D eigenvalue weighted by Crippen LogP contribution is 2.08. The van der Waals surface area contributed by atoms with E-state index in [1.165, 1.54) is 0 Å². The van der Waals surface area contributed by atoms with E-state index in [4.69, 9.17) is 10.3 Å². The van der Waals surface area contributed by atoms with Crippen LogP contribution in [-0.4, -0.2) is 0 Å². The molecule has 0 aliphatic rings. The van der Waals surface area contributed by atoms with E-state index < -0.39 is 0 Å². The molecule has 3 nitrogen and oxygen atoms in total. The zero-order chi connectivity index (χ0) is 5.98. The molecule has 1 aromatic heterocycles. The van der Waals surface area contributed by atoms with Gasteiger partial charge in [-0.3, -0.25) is 5.43 Å². The van der Waals surface area contributed by atoms with Gasteiger partial charge >= 0.3 is 0 Å². The minimum atomic E-state index is 0.600. The van der Waals surface area contributed by atoms with Gasteiger partial charge in [-0.25, -0.2) is 5.84 Å². The van der Waals surface area contributed by atoms with Crippen molar-refractivity contribution in [3.8, 4) is 0 Å². The number of nitrogens with one attached hydrogen (secondary N) is 1. The van der Waals surface area contributed by atoms with Gasteiger partial charge in [0.05, 0.1) is 0 Å². The number of hydrogen-bond donors (Lipinski definition) is 2. The predicted molar refractivity (Wildman–Crippen MR) is 31.3 cm³/mol. The number of hydrogen-bond acceptors (Lipinski definition) is 3. The lowest BCUT2D eigenvalue weighted by Gasteiger charge is -1.87. The quantitative estimate of drug-likeness (QED) is 0.418. The molecular weight excluding hydrogens is 104 g/mol. The van der Waals surface area contributed by atoms with Crippen molar-refractivity contribution in [2.24, 2.45) is 5.84 Å². The molecule has 0 atom stereocenters. The molecular formula is C5H8N2O. The Balaban J connectivity index is 2.84. The lowest BCUT2D eigenvalue weighted by molar-refractivity contribution is 0.547. The number of anilines is 1. The molecule has 0 saturated carbocycles. The van der Waals surface area contributed by atoms with Gasteiger partial charge < -0.3 is 4.42 Å². The average molecular weight is 112 g/mol. The highest BCUT2D eigenvalue weighted by molar-refractivity contribution is 5.29. The highest BCUT2D eigenvalue weighted by atomic mass is 16.4. The van der Waals surface area contributed by atoms with Gasteiger partial charge in [0.25, 0.3) is 0 Å². The molecule has 0 aliphatic heterocycles. The Hall–Kier alpha value is -0.960. The second-order valence-electron chi connectivity index (χ2n) is 1.55. The van der Waals surface area contributed by atoms with Gasteiger partial charge in [0.1, 0.15) is 5.76 Å². The Kier molecular flexibility index (Phi) is 1.22. The maximum absolute atomic E-state index is 5.02. The van der Waals surface area contributed by atoms with Crippen LogP contribution in [0, 0.1) is 6.92 Å². The van der Waals surface area contributed by atoms with Crippen LogP contribution in [0.4, 0.5) is 5.88 Å². The van der Waals surface area contributed by atoms with Gasteiger partial charge in [0, 0.05) is 6.07 Å². The summed E-state index contributed by atoms with van der Waals surface area (Å²) in [6.07, 6.45) is 0. The fourth-order valence-corrected chi connectivity index (χ4v) is 0.512. The lowest BCUT2D eigenvalue weighted by atomic mass is 10.5. The molecule has 0 unspecified atom stereocenters. The van der Waals surface area contributed by atoms with Crippen molar-refractivity contribution >= 4 is 5.88 Å². The first-order valence-corrected chi connectivity index (χ1v) is 2.36. The molecule has 8 heavy (non-hydrogen) atoms. The van der Waals surface area contributed by atoms with Crippen molar-refractivity contribution in [3.05, 3.63) is 17.9 Å². The van der Waals surface area contributed by atoms with Crippen molar-refractivity contribution in [1.82, 2.24) is 0 Å². The summed E-state index contributed by atoms with van der Waals surface area (Å²) >= 11 is 0. The van der Waals surface area contributed by atoms with Crippen LogP contribution < -0.4 is 11.3 Å². The van der Waals surface area contributed by atoms with E-state index in [9.17, 15) is 0 Å². The largest absolute Gasteiger partial charge is 0.445 e. The van der Waals surface area contributed by atoms with E-state index in [0.717, 1.165) is 5.76 Å². The average Bonchev–Trinajstić information content (AvgIpc) is 2.14. The SMILES string of the molecule is Cc1ccc(NN)o1. The van der Waals surface area contributed by atoms with Crippen LogP contribution in [0.25, 0.3) is 0 Å². The third kappa shape index (κ3) is 0.816. The Labute approximate surface area is 47.5 Å². The van der Waals surface area contributed by atoms with Gasteiger partial charge in [0.2, 0.25) is 5.88 Å². The van der Waals surface area contributed by atoms with E-state index in [1.807, 2.05) is 13.0 Å². The molecule has 0 aromatic carbocycles. The number of nitrogens with two attached hydrogens (primary N) is 1. The molecule has 0 bridgehead atoms. The summed E-state index contributed by atoms with van der Waals surface area (Å²) in [7, 11) is 0. The predicted octanol–water partition coefficient (Wildman–Crippen LogP) is 0.874. The first-order valence-electron chi connectivity index (χ1n) is 2.36. The fraction of sp³-hybridized carbons (Fsp3) is 0.200. The molecule has 0 spiro atoms. The second kappa shape index (κ2) is 1.88. The van der Waals surface area contributed by atoms with Crippen LogP contribution >= 0.6 is 0 Å². The van der Waals surface area contributed by atoms with Crippen LogP contribution in [0.3, 0.4) is 0 Å². The zero-order valence-corrected chi connectivity index (χ0v) is 4.64. The Morgan fingerprint density at radius 3 is 2.62 bits per heavy atom. The van der Waals surface area contributed by atoms with Gasteiger partial charge in [0.15, 0.2) is 0 Å². The zero-order valence-electron chi connectivity index (χ0n) is 4.64. The Morgan fingerprint density at radius 2 is 2.38 bits per heavy atom. The van der Waals surface area contributed by atoms with Gasteiger partial charge in [-0.2, -0.15) is 0 Å². The maximum Gasteiger partial charge on any atom is 0.206 e. The van der Waals surface area contributed by atoms with Gasteiger partial charge in [-0.1, -0.05) is 0 Å². The van der Waals surface area contributed by atoms with Crippen LogP contribution in [0.1, 0.15) is 5.76 Å². The molecule has 3 heteroatoms. The van der Waals surface area contributed by atoms with E-state index >= 15 is 0 Å². The number of nitrogen functional groups attached to an aromatic ring is 1. The molecule has 0 fully saturated rings. The number of aryl methyl sites for hydroxylation is 1. The summed E-state index contributed by atoms with van der Waals surface area (Å²) in [4.78, 5) is 0. The molecule has 1 heterocycles. The first kappa shape index (κ1) is 5.18. The van der Waals surface area contributed by atoms with E-state index in [2.05, 4.69) is 5.43 Å². The molecule has 0 aliphatic carbocycles. The Morgan fingerprint density at radius 1 is 1.62 bits per heavy atom. The highest BCUT2D eigenvalue weighted by Gasteiger charge is 1.90. The third-order valence-corrected chi connectivity index (χ3v) is 0.883. The summed E-state index contributed by atoms with van der Waals surface area (Å²) in [5, 5.41) is 0. The van der Waals surface area contributed by atoms with E-state index in [0.29, 0.717) is 5.88 Å². The Bertz CT molecular complexity index is 171. The molecule has 1 rings (SSSR count). The van der Waals surface area contributed by atoms with Crippen molar-refractivity contribution in [2.75, 3.05) is 5.43 Å². The molecule has 1 aromatic rings. The van der Waals surface area contributed by atoms with Crippen LogP contribution in [0.5, 0.6) is 0 Å². The maximum atomic E-state index is 5.02. The summed E-state index contributed by atoms with van der Waals surface area (Å²) in [6.45, 7) is 1.86. The minimum Gasteiger partial charge on any atom is -0.445 e. The first-order chi connectivity index (χ1) is 3.83. The van der Waals surface area contributed by atoms with Crippen LogP contribution in [-0.2, 0) is 0 Å². The number of rotatable bonds is 1. The van der Waals surface area contributed by atoms with Crippen LogP contribution in [0.2, 0.25) is 0 Å². The van der Waals surface area contributed by atoms with E-state index in [-0.39, 0.29) is 0 Å².